The summed E-state index contributed by atoms with van der Waals surface area (Å²) in [6.07, 6.45) is 10.4. The molecule has 1 aliphatic carbocycles. The molecule has 4 nitrogen and oxygen atoms in total. The minimum absolute atomic E-state index is 0.384. The van der Waals surface area contributed by atoms with Crippen LogP contribution in [0.4, 0.5) is 0 Å². The predicted molar refractivity (Wildman–Crippen MR) is 158 cm³/mol. The Kier molecular flexibility index (Phi) is 11.3. The molecule has 0 amide bonds. The van der Waals surface area contributed by atoms with E-state index in [1.54, 1.807) is 0 Å². The highest BCUT2D eigenvalue weighted by Gasteiger charge is 2.20. The molecule has 0 heterocycles. The highest BCUT2D eigenvalue weighted by Crippen LogP contribution is 2.27. The summed E-state index contributed by atoms with van der Waals surface area (Å²) < 4.78 is 5.60. The number of benzene rings is 3. The van der Waals surface area contributed by atoms with Crippen molar-refractivity contribution in [3.05, 3.63) is 77.9 Å². The molecule has 1 saturated carbocycles. The maximum Gasteiger partial charge on any atom is 0.119 e. The fourth-order valence-electron chi connectivity index (χ4n) is 5.83. The fraction of sp³-hybridized carbons (Fsp3) is 0.515. The smallest absolute Gasteiger partial charge is 0.119 e. The van der Waals surface area contributed by atoms with Crippen LogP contribution in [0.15, 0.2) is 66.7 Å². The van der Waals surface area contributed by atoms with E-state index in [1.165, 1.54) is 60.4 Å². The summed E-state index contributed by atoms with van der Waals surface area (Å²) in [4.78, 5) is 0. The summed E-state index contributed by atoms with van der Waals surface area (Å²) in [5.74, 6) is 1.83. The van der Waals surface area contributed by atoms with Crippen LogP contribution in [0.1, 0.15) is 56.6 Å². The van der Waals surface area contributed by atoms with Gasteiger partial charge in [0.25, 0.3) is 0 Å². The molecule has 200 valence electrons. The van der Waals surface area contributed by atoms with Gasteiger partial charge in [-0.3, -0.25) is 0 Å². The SMILES string of the molecule is CCOc1ccc(CCN[C@H](CN[C@@H](CNC)CC2CCCCC2)Cc2ccc3ccccc3c2)cc1. The number of hydrogen-bond donors (Lipinski definition) is 3. The molecule has 2 atom stereocenters. The van der Waals surface area contributed by atoms with Crippen molar-refractivity contribution < 1.29 is 4.74 Å². The molecule has 4 rings (SSSR count). The summed E-state index contributed by atoms with van der Waals surface area (Å²) in [6, 6.07) is 25.1. The first-order valence-corrected chi connectivity index (χ1v) is 14.5. The average Bonchev–Trinajstić information content (AvgIpc) is 2.93. The Morgan fingerprint density at radius 2 is 1.57 bits per heavy atom. The van der Waals surface area contributed by atoms with Gasteiger partial charge in [0, 0.05) is 25.2 Å². The summed E-state index contributed by atoms with van der Waals surface area (Å²) in [5.41, 5.74) is 2.75. The van der Waals surface area contributed by atoms with Crippen LogP contribution in [0.3, 0.4) is 0 Å². The van der Waals surface area contributed by atoms with Gasteiger partial charge in [0.05, 0.1) is 6.61 Å². The molecule has 1 aliphatic rings. The van der Waals surface area contributed by atoms with E-state index >= 15 is 0 Å². The number of hydrogen-bond acceptors (Lipinski definition) is 4. The third-order valence-corrected chi connectivity index (χ3v) is 7.82. The third-order valence-electron chi connectivity index (χ3n) is 7.82. The molecule has 0 bridgehead atoms. The molecule has 0 spiro atoms. The molecule has 37 heavy (non-hydrogen) atoms. The Morgan fingerprint density at radius 1 is 0.811 bits per heavy atom. The lowest BCUT2D eigenvalue weighted by molar-refractivity contribution is 0.289. The van der Waals surface area contributed by atoms with E-state index in [2.05, 4.69) is 89.7 Å². The summed E-state index contributed by atoms with van der Waals surface area (Å²) in [6.45, 7) is 5.71. The molecular weight excluding hydrogens is 454 g/mol. The van der Waals surface area contributed by atoms with Gasteiger partial charge in [-0.15, -0.1) is 0 Å². The molecule has 0 radical (unpaired) electrons. The van der Waals surface area contributed by atoms with Gasteiger partial charge in [0.15, 0.2) is 0 Å². The quantitative estimate of drug-likeness (QED) is 0.234. The molecule has 0 unspecified atom stereocenters. The van der Waals surface area contributed by atoms with Crippen LogP contribution in [0.2, 0.25) is 0 Å². The summed E-state index contributed by atoms with van der Waals surface area (Å²) >= 11 is 0. The van der Waals surface area contributed by atoms with Crippen LogP contribution in [0.5, 0.6) is 5.75 Å². The minimum atomic E-state index is 0.384. The standard InChI is InChI=1S/C33H47N3O/c1-3-37-33-17-14-26(15-18-33)19-20-35-32(23-28-13-16-29-11-7-8-12-30(29)21-28)25-36-31(24-34-2)22-27-9-5-4-6-10-27/h7-8,11-18,21,27,31-32,34-36H,3-6,9-10,19-20,22-25H2,1-2H3/t31-,32+/m1/s1. The van der Waals surface area contributed by atoms with Gasteiger partial charge < -0.3 is 20.7 Å². The van der Waals surface area contributed by atoms with Gasteiger partial charge in [-0.05, 0) is 79.7 Å². The summed E-state index contributed by atoms with van der Waals surface area (Å²) in [5, 5.41) is 13.9. The second kappa shape index (κ2) is 15.1. The van der Waals surface area contributed by atoms with E-state index in [0.29, 0.717) is 18.7 Å². The highest BCUT2D eigenvalue weighted by atomic mass is 16.5. The normalized spacial score (nSPS) is 16.1. The van der Waals surface area contributed by atoms with Crippen LogP contribution in [-0.4, -0.2) is 45.4 Å². The van der Waals surface area contributed by atoms with Crippen LogP contribution < -0.4 is 20.7 Å². The summed E-state index contributed by atoms with van der Waals surface area (Å²) in [7, 11) is 2.08. The fourth-order valence-corrected chi connectivity index (χ4v) is 5.83. The lowest BCUT2D eigenvalue weighted by Gasteiger charge is -2.29. The van der Waals surface area contributed by atoms with Crippen LogP contribution in [0.25, 0.3) is 10.8 Å². The lowest BCUT2D eigenvalue weighted by atomic mass is 9.84. The third kappa shape index (κ3) is 9.14. The maximum atomic E-state index is 5.60. The van der Waals surface area contributed by atoms with Gasteiger partial charge in [0.1, 0.15) is 5.75 Å². The molecule has 0 saturated heterocycles. The van der Waals surface area contributed by atoms with E-state index < -0.39 is 0 Å². The van der Waals surface area contributed by atoms with Gasteiger partial charge in [-0.2, -0.15) is 0 Å². The molecule has 3 N–H and O–H groups in total. The Hall–Kier alpha value is -2.40. The minimum Gasteiger partial charge on any atom is -0.494 e. The van der Waals surface area contributed by atoms with Crippen molar-refractivity contribution in [2.75, 3.05) is 33.3 Å². The number of nitrogens with one attached hydrogen (secondary N) is 3. The zero-order chi connectivity index (χ0) is 25.7. The largest absolute Gasteiger partial charge is 0.494 e. The maximum absolute atomic E-state index is 5.60. The molecule has 1 fully saturated rings. The first-order chi connectivity index (χ1) is 18.2. The number of fused-ring (bicyclic) bond motifs is 1. The Labute approximate surface area is 224 Å². The van der Waals surface area contributed by atoms with E-state index in [1.807, 2.05) is 6.92 Å². The number of likely N-dealkylation sites (N-methyl/N-ethyl adjacent to an activating group) is 1. The van der Waals surface area contributed by atoms with Crippen molar-refractivity contribution in [1.29, 1.82) is 0 Å². The van der Waals surface area contributed by atoms with Crippen molar-refractivity contribution in [1.82, 2.24) is 16.0 Å². The molecule has 0 aliphatic heterocycles. The van der Waals surface area contributed by atoms with Gasteiger partial charge in [-0.25, -0.2) is 0 Å². The first-order valence-electron chi connectivity index (χ1n) is 14.5. The predicted octanol–water partition coefficient (Wildman–Crippen LogP) is 6.13. The van der Waals surface area contributed by atoms with Gasteiger partial charge in [-0.1, -0.05) is 86.7 Å². The monoisotopic (exact) mass is 501 g/mol. The average molecular weight is 502 g/mol. The van der Waals surface area contributed by atoms with Gasteiger partial charge in [0.2, 0.25) is 0 Å². The molecular formula is C33H47N3O. The second-order valence-corrected chi connectivity index (χ2v) is 10.8. The van der Waals surface area contributed by atoms with Crippen molar-refractivity contribution in [3.8, 4) is 5.75 Å². The molecule has 4 heteroatoms. The second-order valence-electron chi connectivity index (χ2n) is 10.8. The Bertz CT molecular complexity index is 1040. The van der Waals surface area contributed by atoms with Gasteiger partial charge >= 0.3 is 0 Å². The number of ether oxygens (including phenoxy) is 1. The van der Waals surface area contributed by atoms with Crippen LogP contribution in [-0.2, 0) is 12.8 Å². The van der Waals surface area contributed by atoms with E-state index in [-0.39, 0.29) is 0 Å². The van der Waals surface area contributed by atoms with Crippen LogP contribution >= 0.6 is 0 Å². The van der Waals surface area contributed by atoms with E-state index in [4.69, 9.17) is 4.74 Å². The van der Waals surface area contributed by atoms with Crippen LogP contribution in [0, 0.1) is 5.92 Å². The topological polar surface area (TPSA) is 45.3 Å². The van der Waals surface area contributed by atoms with E-state index in [9.17, 15) is 0 Å². The number of rotatable bonds is 15. The molecule has 3 aromatic rings. The van der Waals surface area contributed by atoms with Crippen molar-refractivity contribution >= 4 is 10.8 Å². The zero-order valence-corrected chi connectivity index (χ0v) is 23.0. The molecule has 0 aromatic heterocycles. The van der Waals surface area contributed by atoms with Crippen molar-refractivity contribution in [2.45, 2.75) is 70.4 Å². The van der Waals surface area contributed by atoms with E-state index in [0.717, 1.165) is 44.1 Å². The first kappa shape index (κ1) is 27.6. The Morgan fingerprint density at radius 3 is 2.32 bits per heavy atom. The highest BCUT2D eigenvalue weighted by molar-refractivity contribution is 5.83. The van der Waals surface area contributed by atoms with Crippen molar-refractivity contribution in [3.63, 3.8) is 0 Å². The molecule has 3 aromatic carbocycles. The Balaban J connectivity index is 1.37. The van der Waals surface area contributed by atoms with Crippen molar-refractivity contribution in [2.24, 2.45) is 5.92 Å². The zero-order valence-electron chi connectivity index (χ0n) is 23.0. The lowest BCUT2D eigenvalue weighted by Crippen LogP contribution is -2.47.